The van der Waals surface area contributed by atoms with E-state index in [-0.39, 0.29) is 4.83 Å². The van der Waals surface area contributed by atoms with Crippen LogP contribution in [0.25, 0.3) is 0 Å². The van der Waals surface area contributed by atoms with Crippen molar-refractivity contribution in [1.82, 2.24) is 0 Å². The first-order valence-electron chi connectivity index (χ1n) is 3.68. The van der Waals surface area contributed by atoms with Gasteiger partial charge in [-0.2, -0.15) is 0 Å². The smallest absolute Gasteiger partial charge is 0.0949 e. The second kappa shape index (κ2) is 3.86. The van der Waals surface area contributed by atoms with Crippen LogP contribution in [0, 0.1) is 0 Å². The number of alkyl halides is 1. The monoisotopic (exact) mass is 276 g/mol. The summed E-state index contributed by atoms with van der Waals surface area (Å²) in [6.07, 6.45) is 3.38. The summed E-state index contributed by atoms with van der Waals surface area (Å²) >= 11 is 11.2. The lowest BCUT2D eigenvalue weighted by atomic mass is 10.2. The average molecular weight is 278 g/mol. The summed E-state index contributed by atoms with van der Waals surface area (Å²) < 4.78 is 5.01. The van der Waals surface area contributed by atoms with Gasteiger partial charge in [0.15, 0.2) is 0 Å². The van der Waals surface area contributed by atoms with Crippen LogP contribution < -0.4 is 0 Å². The Morgan fingerprint density at radius 3 is 2.85 bits per heavy atom. The van der Waals surface area contributed by atoms with Gasteiger partial charge >= 0.3 is 0 Å². The third kappa shape index (κ3) is 1.82. The van der Waals surface area contributed by atoms with E-state index >= 15 is 0 Å². The fraction of sp³-hybridized carbons (Fsp3) is 0.111. The molecular weight excluding hydrogens is 272 g/mol. The highest BCUT2D eigenvalue weighted by molar-refractivity contribution is 9.09. The van der Waals surface area contributed by atoms with Gasteiger partial charge in [-0.05, 0) is 17.5 Å². The molecule has 0 N–H and O–H groups in total. The highest BCUT2D eigenvalue weighted by Crippen LogP contribution is 2.38. The molecule has 13 heavy (non-hydrogen) atoms. The van der Waals surface area contributed by atoms with Crippen LogP contribution in [-0.2, 0) is 0 Å². The fourth-order valence-corrected chi connectivity index (χ4v) is 3.19. The first-order valence-corrected chi connectivity index (χ1v) is 5.85. The van der Waals surface area contributed by atoms with E-state index in [1.54, 1.807) is 23.9 Å². The van der Waals surface area contributed by atoms with Crippen molar-refractivity contribution in [2.75, 3.05) is 0 Å². The van der Waals surface area contributed by atoms with Gasteiger partial charge in [0.25, 0.3) is 0 Å². The van der Waals surface area contributed by atoms with E-state index in [1.807, 2.05) is 17.5 Å². The van der Waals surface area contributed by atoms with Gasteiger partial charge < -0.3 is 4.42 Å². The summed E-state index contributed by atoms with van der Waals surface area (Å²) in [4.78, 5) is 1.25. The zero-order valence-corrected chi connectivity index (χ0v) is 9.69. The summed E-state index contributed by atoms with van der Waals surface area (Å²) in [7, 11) is 0. The molecule has 0 bridgehead atoms. The van der Waals surface area contributed by atoms with Gasteiger partial charge in [0, 0.05) is 10.4 Å². The summed E-state index contributed by atoms with van der Waals surface area (Å²) in [6, 6.07) is 3.82. The van der Waals surface area contributed by atoms with Crippen LogP contribution >= 0.6 is 38.9 Å². The van der Waals surface area contributed by atoms with Gasteiger partial charge in [0.05, 0.1) is 22.4 Å². The van der Waals surface area contributed by atoms with Gasteiger partial charge in [-0.3, -0.25) is 0 Å². The predicted octanol–water partition coefficient (Wildman–Crippen LogP) is 4.48. The van der Waals surface area contributed by atoms with E-state index in [0.29, 0.717) is 0 Å². The Bertz CT molecular complexity index is 382. The predicted molar refractivity (Wildman–Crippen MR) is 58.8 cm³/mol. The van der Waals surface area contributed by atoms with Crippen LogP contribution in [0.5, 0.6) is 0 Å². The van der Waals surface area contributed by atoms with Gasteiger partial charge in [0.2, 0.25) is 0 Å². The van der Waals surface area contributed by atoms with Gasteiger partial charge in [-0.1, -0.05) is 27.5 Å². The summed E-state index contributed by atoms with van der Waals surface area (Å²) in [5.74, 6) is 0. The van der Waals surface area contributed by atoms with Crippen molar-refractivity contribution < 1.29 is 4.42 Å². The van der Waals surface area contributed by atoms with Gasteiger partial charge in [-0.15, -0.1) is 11.3 Å². The molecule has 0 aromatic carbocycles. The van der Waals surface area contributed by atoms with Gasteiger partial charge in [0.1, 0.15) is 0 Å². The molecule has 2 aromatic rings. The van der Waals surface area contributed by atoms with Crippen LogP contribution in [0.15, 0.2) is 34.5 Å². The quantitative estimate of drug-likeness (QED) is 0.738. The van der Waals surface area contributed by atoms with Crippen LogP contribution in [0.4, 0.5) is 0 Å². The molecule has 0 saturated carbocycles. The molecule has 2 rings (SSSR count). The lowest BCUT2D eigenvalue weighted by molar-refractivity contribution is 0.564. The highest BCUT2D eigenvalue weighted by atomic mass is 79.9. The number of thiophene rings is 1. The second-order valence-corrected chi connectivity index (χ2v) is 4.82. The topological polar surface area (TPSA) is 13.1 Å². The minimum Gasteiger partial charge on any atom is -0.472 e. The normalized spacial score (nSPS) is 13.1. The Hall–Kier alpha value is -0.250. The molecule has 4 heteroatoms. The number of rotatable bonds is 2. The SMILES string of the molecule is Clc1ccsc1C(Br)c1ccoc1. The molecule has 0 aliphatic heterocycles. The number of furan rings is 1. The van der Waals surface area contributed by atoms with Crippen molar-refractivity contribution in [3.8, 4) is 0 Å². The zero-order valence-electron chi connectivity index (χ0n) is 6.54. The van der Waals surface area contributed by atoms with Crippen molar-refractivity contribution in [2.45, 2.75) is 4.83 Å². The van der Waals surface area contributed by atoms with Crippen LogP contribution in [0.3, 0.4) is 0 Å². The minimum atomic E-state index is 0.138. The molecule has 0 radical (unpaired) electrons. The third-order valence-corrected chi connectivity index (χ3v) is 4.42. The molecule has 0 fully saturated rings. The molecule has 1 unspecified atom stereocenters. The molecule has 0 spiro atoms. The average Bonchev–Trinajstić information content (AvgIpc) is 2.72. The van der Waals surface area contributed by atoms with Crippen molar-refractivity contribution in [1.29, 1.82) is 0 Å². The highest BCUT2D eigenvalue weighted by Gasteiger charge is 2.15. The molecule has 1 atom stereocenters. The minimum absolute atomic E-state index is 0.138. The fourth-order valence-electron chi connectivity index (χ4n) is 1.06. The van der Waals surface area contributed by atoms with E-state index in [1.165, 1.54) is 0 Å². The zero-order chi connectivity index (χ0) is 9.26. The maximum absolute atomic E-state index is 6.00. The number of halogens is 2. The largest absolute Gasteiger partial charge is 0.472 e. The molecule has 68 valence electrons. The maximum Gasteiger partial charge on any atom is 0.0949 e. The van der Waals surface area contributed by atoms with E-state index in [0.717, 1.165) is 15.5 Å². The number of hydrogen-bond acceptors (Lipinski definition) is 2. The summed E-state index contributed by atoms with van der Waals surface area (Å²) in [6.45, 7) is 0. The van der Waals surface area contributed by atoms with Crippen LogP contribution in [0.2, 0.25) is 5.02 Å². The molecule has 0 aliphatic carbocycles. The Kier molecular flexibility index (Phi) is 2.77. The van der Waals surface area contributed by atoms with E-state index in [9.17, 15) is 0 Å². The summed E-state index contributed by atoms with van der Waals surface area (Å²) in [5.41, 5.74) is 1.09. The van der Waals surface area contributed by atoms with E-state index in [4.69, 9.17) is 16.0 Å². The first kappa shape index (κ1) is 9.31. The van der Waals surface area contributed by atoms with Crippen molar-refractivity contribution in [3.63, 3.8) is 0 Å². The molecule has 0 saturated heterocycles. The Morgan fingerprint density at radius 2 is 2.31 bits per heavy atom. The first-order chi connectivity index (χ1) is 6.29. The van der Waals surface area contributed by atoms with Crippen LogP contribution in [-0.4, -0.2) is 0 Å². The maximum atomic E-state index is 6.00. The van der Waals surface area contributed by atoms with Crippen molar-refractivity contribution >= 4 is 38.9 Å². The lowest BCUT2D eigenvalue weighted by Crippen LogP contribution is -1.86. The summed E-state index contributed by atoms with van der Waals surface area (Å²) in [5, 5.41) is 2.78. The molecule has 0 aliphatic rings. The Morgan fingerprint density at radius 1 is 1.46 bits per heavy atom. The van der Waals surface area contributed by atoms with E-state index < -0.39 is 0 Å². The van der Waals surface area contributed by atoms with Crippen LogP contribution in [0.1, 0.15) is 15.3 Å². The lowest BCUT2D eigenvalue weighted by Gasteiger charge is -2.04. The molecule has 2 heterocycles. The second-order valence-electron chi connectivity index (χ2n) is 2.55. The standard InChI is InChI=1S/C9H6BrClOS/c10-8(6-1-3-12-5-6)9-7(11)2-4-13-9/h1-5,8H. The molecule has 0 amide bonds. The number of hydrogen-bond donors (Lipinski definition) is 0. The van der Waals surface area contributed by atoms with E-state index in [2.05, 4.69) is 15.9 Å². The van der Waals surface area contributed by atoms with Gasteiger partial charge in [-0.25, -0.2) is 0 Å². The van der Waals surface area contributed by atoms with Crippen molar-refractivity contribution in [3.05, 3.63) is 45.5 Å². The van der Waals surface area contributed by atoms with Crippen molar-refractivity contribution in [2.24, 2.45) is 0 Å². The molecule has 1 nitrogen and oxygen atoms in total. The third-order valence-electron chi connectivity index (χ3n) is 1.71. The Balaban J connectivity index is 2.33. The molecular formula is C9H6BrClOS. The Labute approximate surface area is 93.5 Å². The molecule has 2 aromatic heterocycles.